The highest BCUT2D eigenvalue weighted by Crippen LogP contribution is 2.27. The Kier molecular flexibility index (Phi) is 8.58. The molecule has 0 atom stereocenters. The minimum Gasteiger partial charge on any atom is -0.492 e. The van der Waals surface area contributed by atoms with Crippen molar-refractivity contribution in [3.63, 3.8) is 0 Å². The third-order valence-corrected chi connectivity index (χ3v) is 7.61. The van der Waals surface area contributed by atoms with E-state index in [0.29, 0.717) is 11.3 Å². The summed E-state index contributed by atoms with van der Waals surface area (Å²) >= 11 is 0. The lowest BCUT2D eigenvalue weighted by atomic mass is 10.2. The van der Waals surface area contributed by atoms with Gasteiger partial charge < -0.3 is 10.1 Å². The second-order valence-electron chi connectivity index (χ2n) is 7.45. The first-order valence-corrected chi connectivity index (χ1v) is 13.2. The topological polar surface area (TPSA) is 156 Å². The number of amides is 1. The minimum absolute atomic E-state index is 0.0378. The van der Waals surface area contributed by atoms with Gasteiger partial charge >= 0.3 is 0 Å². The van der Waals surface area contributed by atoms with Gasteiger partial charge in [0, 0.05) is 26.2 Å². The number of carbonyl (C=O) groups is 1. The molecule has 0 radical (unpaired) electrons. The van der Waals surface area contributed by atoms with Crippen molar-refractivity contribution in [3.05, 3.63) is 58.1 Å². The van der Waals surface area contributed by atoms with Gasteiger partial charge in [0.05, 0.1) is 28.3 Å². The molecule has 1 N–H and O–H groups in total. The van der Waals surface area contributed by atoms with Crippen LogP contribution >= 0.6 is 0 Å². The molecule has 0 bridgehead atoms. The van der Waals surface area contributed by atoms with Crippen LogP contribution in [-0.4, -0.2) is 72.0 Å². The summed E-state index contributed by atoms with van der Waals surface area (Å²) in [5.41, 5.74) is 0.190. The number of nitro groups is 1. The van der Waals surface area contributed by atoms with Crippen LogP contribution in [-0.2, 0) is 24.8 Å². The van der Waals surface area contributed by atoms with Gasteiger partial charge in [0.15, 0.2) is 0 Å². The molecule has 0 aromatic heterocycles. The Morgan fingerprint density at radius 1 is 1.09 bits per heavy atom. The predicted molar refractivity (Wildman–Crippen MR) is 126 cm³/mol. The summed E-state index contributed by atoms with van der Waals surface area (Å²) in [5.74, 6) is -0.246. The monoisotopic (exact) mass is 514 g/mol. The zero-order valence-corrected chi connectivity index (χ0v) is 20.7. The van der Waals surface area contributed by atoms with Crippen molar-refractivity contribution in [2.45, 2.75) is 11.8 Å². The van der Waals surface area contributed by atoms with Gasteiger partial charge in [0.2, 0.25) is 26.0 Å². The average Bonchev–Trinajstić information content (AvgIpc) is 2.75. The second-order valence-corrected chi connectivity index (χ2v) is 11.5. The predicted octanol–water partition coefficient (Wildman–Crippen LogP) is 1.11. The summed E-state index contributed by atoms with van der Waals surface area (Å²) in [6, 6.07) is 9.52. The summed E-state index contributed by atoms with van der Waals surface area (Å²) in [4.78, 5) is 22.9. The van der Waals surface area contributed by atoms with Gasteiger partial charge in [0.25, 0.3) is 5.69 Å². The quantitative estimate of drug-likeness (QED) is 0.266. The first-order valence-electron chi connectivity index (χ1n) is 9.88. The van der Waals surface area contributed by atoms with Crippen molar-refractivity contribution in [2.75, 3.05) is 44.4 Å². The van der Waals surface area contributed by atoms with Crippen LogP contribution in [0.4, 0.5) is 11.4 Å². The largest absolute Gasteiger partial charge is 0.492 e. The van der Waals surface area contributed by atoms with Crippen LogP contribution in [0.15, 0.2) is 47.4 Å². The summed E-state index contributed by atoms with van der Waals surface area (Å²) in [6.45, 7) is 1.10. The molecule has 0 heterocycles. The number of hydrogen-bond acceptors (Lipinski definition) is 8. The molecule has 0 fully saturated rings. The number of nitrogens with zero attached hydrogens (tertiary/aromatic N) is 3. The molecular formula is C20H26N4O8S2. The Morgan fingerprint density at radius 3 is 2.24 bits per heavy atom. The minimum atomic E-state index is -3.91. The summed E-state index contributed by atoms with van der Waals surface area (Å²) in [6.07, 6.45) is 0.905. The number of rotatable bonds is 11. The van der Waals surface area contributed by atoms with Gasteiger partial charge in [-0.15, -0.1) is 0 Å². The van der Waals surface area contributed by atoms with Crippen LogP contribution in [0.3, 0.4) is 0 Å². The molecule has 14 heteroatoms. The van der Waals surface area contributed by atoms with Gasteiger partial charge in [-0.2, -0.15) is 0 Å². The Labute approximate surface area is 198 Å². The molecule has 0 aliphatic heterocycles. The van der Waals surface area contributed by atoms with Crippen LogP contribution < -0.4 is 14.4 Å². The number of nitro benzene ring substituents is 1. The van der Waals surface area contributed by atoms with Crippen LogP contribution in [0.25, 0.3) is 0 Å². The third-order valence-electron chi connectivity index (χ3n) is 4.66. The molecule has 2 aromatic carbocycles. The molecule has 2 rings (SSSR count). The maximum atomic E-state index is 12.4. The van der Waals surface area contributed by atoms with Gasteiger partial charge in [-0.3, -0.25) is 19.2 Å². The van der Waals surface area contributed by atoms with Gasteiger partial charge in [0.1, 0.15) is 18.9 Å². The van der Waals surface area contributed by atoms with Crippen LogP contribution in [0.2, 0.25) is 0 Å². The van der Waals surface area contributed by atoms with E-state index in [1.54, 1.807) is 6.92 Å². The molecule has 0 unspecified atom stereocenters. The maximum absolute atomic E-state index is 12.4. The van der Waals surface area contributed by atoms with Crippen molar-refractivity contribution in [1.29, 1.82) is 0 Å². The number of aryl methyl sites for hydroxylation is 1. The number of hydrogen-bond donors (Lipinski definition) is 1. The first kappa shape index (κ1) is 27.0. The van der Waals surface area contributed by atoms with Gasteiger partial charge in [-0.25, -0.2) is 21.1 Å². The van der Waals surface area contributed by atoms with Crippen LogP contribution in [0.1, 0.15) is 5.56 Å². The Balaban J connectivity index is 1.98. The molecular weight excluding hydrogens is 488 g/mol. The molecule has 186 valence electrons. The lowest BCUT2D eigenvalue weighted by Gasteiger charge is -2.23. The molecule has 1 amide bonds. The van der Waals surface area contributed by atoms with Crippen LogP contribution in [0.5, 0.6) is 5.75 Å². The SMILES string of the molecule is Cc1ccc([N+](=O)[O-])cc1N(CC(=O)NCCOc1ccc(S(=O)(=O)N(C)C)cc1)S(C)(=O)=O. The Hall–Kier alpha value is -3.23. The fourth-order valence-corrected chi connectivity index (χ4v) is 4.63. The molecule has 0 spiro atoms. The second kappa shape index (κ2) is 10.8. The Morgan fingerprint density at radius 2 is 1.71 bits per heavy atom. The summed E-state index contributed by atoms with van der Waals surface area (Å²) in [7, 11) is -4.62. The highest BCUT2D eigenvalue weighted by atomic mass is 32.2. The standard InChI is InChI=1S/C20H26N4O8S2/c1-15-5-6-16(24(26)27)13-19(15)23(33(4,28)29)14-20(25)21-11-12-32-17-7-9-18(10-8-17)34(30,31)22(2)3/h5-10,13H,11-12,14H2,1-4H3,(H,21,25). The fraction of sp³-hybridized carbons (Fsp3) is 0.350. The van der Waals surface area contributed by atoms with E-state index in [9.17, 15) is 31.7 Å². The third kappa shape index (κ3) is 6.88. The lowest BCUT2D eigenvalue weighted by molar-refractivity contribution is -0.384. The number of nitrogens with one attached hydrogen (secondary N) is 1. The zero-order chi connectivity index (χ0) is 25.7. The van der Waals surface area contributed by atoms with Crippen LogP contribution in [0, 0.1) is 17.0 Å². The smallest absolute Gasteiger partial charge is 0.271 e. The first-order chi connectivity index (χ1) is 15.7. The van der Waals surface area contributed by atoms with Crippen molar-refractivity contribution >= 4 is 37.3 Å². The van der Waals surface area contributed by atoms with E-state index < -0.39 is 37.4 Å². The number of ether oxygens (including phenoxy) is 1. The summed E-state index contributed by atoms with van der Waals surface area (Å²) < 4.78 is 56.0. The molecule has 2 aromatic rings. The number of sulfonamides is 2. The van der Waals surface area contributed by atoms with E-state index in [2.05, 4.69) is 5.32 Å². The van der Waals surface area contributed by atoms with E-state index in [1.165, 1.54) is 50.5 Å². The van der Waals surface area contributed by atoms with Gasteiger partial charge in [-0.1, -0.05) is 6.07 Å². The Bertz CT molecular complexity index is 1260. The summed E-state index contributed by atoms with van der Waals surface area (Å²) in [5, 5.41) is 13.6. The van der Waals surface area contributed by atoms with Crippen molar-refractivity contribution in [1.82, 2.24) is 9.62 Å². The maximum Gasteiger partial charge on any atom is 0.271 e. The number of non-ortho nitro benzene ring substituents is 1. The van der Waals surface area contributed by atoms with E-state index >= 15 is 0 Å². The van der Waals surface area contributed by atoms with Crippen molar-refractivity contribution < 1.29 is 31.3 Å². The molecule has 0 aliphatic carbocycles. The molecule has 34 heavy (non-hydrogen) atoms. The highest BCUT2D eigenvalue weighted by molar-refractivity contribution is 7.92. The molecule has 0 saturated carbocycles. The number of benzene rings is 2. The van der Waals surface area contributed by atoms with E-state index in [4.69, 9.17) is 4.74 Å². The normalized spacial score (nSPS) is 11.8. The van der Waals surface area contributed by atoms with Crippen molar-refractivity contribution in [2.24, 2.45) is 0 Å². The number of carbonyl (C=O) groups excluding carboxylic acids is 1. The fourth-order valence-electron chi connectivity index (χ4n) is 2.83. The number of anilines is 1. The molecule has 0 saturated heterocycles. The molecule has 0 aliphatic rings. The van der Waals surface area contributed by atoms with E-state index in [-0.39, 0.29) is 29.4 Å². The zero-order valence-electron chi connectivity index (χ0n) is 19.1. The van der Waals surface area contributed by atoms with Crippen molar-refractivity contribution in [3.8, 4) is 5.75 Å². The van der Waals surface area contributed by atoms with E-state index in [0.717, 1.165) is 20.9 Å². The molecule has 12 nitrogen and oxygen atoms in total. The van der Waals surface area contributed by atoms with E-state index in [1.807, 2.05) is 0 Å². The lowest BCUT2D eigenvalue weighted by Crippen LogP contribution is -2.41. The highest BCUT2D eigenvalue weighted by Gasteiger charge is 2.24. The average molecular weight is 515 g/mol. The van der Waals surface area contributed by atoms with Gasteiger partial charge in [-0.05, 0) is 36.8 Å².